The first-order valence-electron chi connectivity index (χ1n) is 5.92. The lowest BCUT2D eigenvalue weighted by atomic mass is 10.1. The van der Waals surface area contributed by atoms with Gasteiger partial charge in [0.25, 0.3) is 5.56 Å². The summed E-state index contributed by atoms with van der Waals surface area (Å²) < 4.78 is 6.47. The van der Waals surface area contributed by atoms with Crippen LogP contribution in [0.25, 0.3) is 11.0 Å². The molecule has 18 heavy (non-hydrogen) atoms. The van der Waals surface area contributed by atoms with Crippen molar-refractivity contribution in [3.05, 3.63) is 34.7 Å². The van der Waals surface area contributed by atoms with Crippen molar-refractivity contribution in [3.8, 4) is 0 Å². The number of hydrogen-bond acceptors (Lipinski definition) is 3. The van der Waals surface area contributed by atoms with E-state index in [1.807, 2.05) is 6.07 Å². The molecule has 2 aromatic rings. The summed E-state index contributed by atoms with van der Waals surface area (Å²) in [6, 6.07) is 5.13. The maximum atomic E-state index is 11.9. The number of rotatable bonds is 3. The summed E-state index contributed by atoms with van der Waals surface area (Å²) in [6.07, 6.45) is 3.36. The van der Waals surface area contributed by atoms with Gasteiger partial charge in [-0.2, -0.15) is 0 Å². The van der Waals surface area contributed by atoms with Gasteiger partial charge in [-0.25, -0.2) is 0 Å². The SMILES string of the molecule is COC(=O)C1(Cn2c(=O)ccc3[nH]ccc32)CC1. The largest absolute Gasteiger partial charge is 0.469 e. The Morgan fingerprint density at radius 2 is 2.22 bits per heavy atom. The van der Waals surface area contributed by atoms with E-state index in [1.165, 1.54) is 13.2 Å². The fraction of sp³-hybridized carbons (Fsp3) is 0.385. The smallest absolute Gasteiger partial charge is 0.313 e. The van der Waals surface area contributed by atoms with Crippen LogP contribution in [0.3, 0.4) is 0 Å². The van der Waals surface area contributed by atoms with Crippen molar-refractivity contribution in [2.45, 2.75) is 19.4 Å². The molecule has 5 heteroatoms. The molecule has 0 aromatic carbocycles. The Labute approximate surface area is 103 Å². The van der Waals surface area contributed by atoms with Crippen LogP contribution in [0.1, 0.15) is 12.8 Å². The predicted octanol–water partition coefficient (Wildman–Crippen LogP) is 1.28. The number of hydrogen-bond donors (Lipinski definition) is 1. The van der Waals surface area contributed by atoms with Gasteiger partial charge in [0.05, 0.1) is 23.6 Å². The van der Waals surface area contributed by atoms with Crippen LogP contribution in [0.5, 0.6) is 0 Å². The van der Waals surface area contributed by atoms with Gasteiger partial charge in [-0.3, -0.25) is 9.59 Å². The van der Waals surface area contributed by atoms with Crippen molar-refractivity contribution >= 4 is 17.0 Å². The van der Waals surface area contributed by atoms with Crippen LogP contribution in [0, 0.1) is 5.41 Å². The number of nitrogens with one attached hydrogen (secondary N) is 1. The normalized spacial score (nSPS) is 16.7. The van der Waals surface area contributed by atoms with Crippen LogP contribution in [0.15, 0.2) is 29.2 Å². The average molecular weight is 246 g/mol. The van der Waals surface area contributed by atoms with Crippen molar-refractivity contribution in [1.82, 2.24) is 9.55 Å². The number of carbonyl (C=O) groups excluding carboxylic acids is 1. The van der Waals surface area contributed by atoms with E-state index in [-0.39, 0.29) is 11.5 Å². The first-order chi connectivity index (χ1) is 8.66. The lowest BCUT2D eigenvalue weighted by Crippen LogP contribution is -2.29. The van der Waals surface area contributed by atoms with Crippen molar-refractivity contribution in [3.63, 3.8) is 0 Å². The number of methoxy groups -OCH3 is 1. The molecule has 2 heterocycles. The van der Waals surface area contributed by atoms with E-state index in [1.54, 1.807) is 16.8 Å². The number of esters is 1. The average Bonchev–Trinajstić information content (AvgIpc) is 3.00. The van der Waals surface area contributed by atoms with Gasteiger partial charge < -0.3 is 14.3 Å². The topological polar surface area (TPSA) is 64.1 Å². The molecule has 0 amide bonds. The van der Waals surface area contributed by atoms with Gasteiger partial charge in [0, 0.05) is 18.8 Å². The first-order valence-corrected chi connectivity index (χ1v) is 5.92. The molecule has 0 radical (unpaired) electrons. The zero-order valence-electron chi connectivity index (χ0n) is 10.1. The Balaban J connectivity index is 2.05. The van der Waals surface area contributed by atoms with Crippen LogP contribution in [-0.2, 0) is 16.1 Å². The molecule has 0 saturated heterocycles. The van der Waals surface area contributed by atoms with Gasteiger partial charge in [-0.1, -0.05) is 0 Å². The minimum absolute atomic E-state index is 0.0859. The highest BCUT2D eigenvalue weighted by Crippen LogP contribution is 2.48. The number of carbonyl (C=O) groups is 1. The van der Waals surface area contributed by atoms with E-state index in [4.69, 9.17) is 4.74 Å². The molecule has 2 aromatic heterocycles. The predicted molar refractivity (Wildman–Crippen MR) is 66.2 cm³/mol. The summed E-state index contributed by atoms with van der Waals surface area (Å²) >= 11 is 0. The first kappa shape index (κ1) is 11.1. The number of aromatic nitrogens is 2. The summed E-state index contributed by atoms with van der Waals surface area (Å²) in [4.78, 5) is 26.7. The standard InChI is InChI=1S/C13H14N2O3/c1-18-12(17)13(5-6-13)8-15-10-4-7-14-9(10)2-3-11(15)16/h2-4,7,14H,5-6,8H2,1H3. The summed E-state index contributed by atoms with van der Waals surface area (Å²) in [5, 5.41) is 0. The lowest BCUT2D eigenvalue weighted by Gasteiger charge is -2.15. The van der Waals surface area contributed by atoms with E-state index in [0.29, 0.717) is 6.54 Å². The van der Waals surface area contributed by atoms with E-state index < -0.39 is 5.41 Å². The minimum Gasteiger partial charge on any atom is -0.469 e. The minimum atomic E-state index is -0.496. The zero-order chi connectivity index (χ0) is 12.8. The van der Waals surface area contributed by atoms with Gasteiger partial charge in [0.2, 0.25) is 0 Å². The molecule has 0 atom stereocenters. The maximum Gasteiger partial charge on any atom is 0.313 e. The van der Waals surface area contributed by atoms with Crippen LogP contribution in [-0.4, -0.2) is 22.6 Å². The molecule has 0 bridgehead atoms. The summed E-state index contributed by atoms with van der Waals surface area (Å²) in [5.41, 5.74) is 1.15. The van der Waals surface area contributed by atoms with Gasteiger partial charge in [-0.05, 0) is 25.0 Å². The Kier molecular flexibility index (Phi) is 2.29. The number of pyridine rings is 1. The molecule has 0 spiro atoms. The van der Waals surface area contributed by atoms with Gasteiger partial charge >= 0.3 is 5.97 Å². The molecule has 3 rings (SSSR count). The molecular weight excluding hydrogens is 232 g/mol. The second kappa shape index (κ2) is 3.73. The number of ether oxygens (including phenoxy) is 1. The Hall–Kier alpha value is -2.04. The summed E-state index contributed by atoms with van der Waals surface area (Å²) in [5.74, 6) is -0.220. The number of fused-ring (bicyclic) bond motifs is 1. The highest BCUT2D eigenvalue weighted by Gasteiger charge is 2.51. The number of nitrogens with zero attached hydrogens (tertiary/aromatic N) is 1. The van der Waals surface area contributed by atoms with Crippen molar-refractivity contribution < 1.29 is 9.53 Å². The van der Waals surface area contributed by atoms with E-state index in [9.17, 15) is 9.59 Å². The van der Waals surface area contributed by atoms with Crippen LogP contribution in [0.4, 0.5) is 0 Å². The quantitative estimate of drug-likeness (QED) is 0.830. The molecule has 1 aliphatic rings. The highest BCUT2D eigenvalue weighted by atomic mass is 16.5. The fourth-order valence-electron chi connectivity index (χ4n) is 2.37. The molecule has 0 aliphatic heterocycles. The van der Waals surface area contributed by atoms with E-state index in [2.05, 4.69) is 4.98 Å². The van der Waals surface area contributed by atoms with Crippen LogP contribution < -0.4 is 5.56 Å². The molecule has 1 saturated carbocycles. The van der Waals surface area contributed by atoms with Crippen molar-refractivity contribution in [2.75, 3.05) is 7.11 Å². The third kappa shape index (κ3) is 1.54. The molecular formula is C13H14N2O3. The monoisotopic (exact) mass is 246 g/mol. The number of aromatic amines is 1. The molecule has 0 unspecified atom stereocenters. The number of H-pyrrole nitrogens is 1. The Bertz CT molecular complexity index is 664. The maximum absolute atomic E-state index is 11.9. The van der Waals surface area contributed by atoms with E-state index >= 15 is 0 Å². The third-order valence-corrected chi connectivity index (χ3v) is 3.64. The van der Waals surface area contributed by atoms with Crippen LogP contribution in [0.2, 0.25) is 0 Å². The lowest BCUT2D eigenvalue weighted by molar-refractivity contribution is -0.147. The Morgan fingerprint density at radius 3 is 2.89 bits per heavy atom. The van der Waals surface area contributed by atoms with E-state index in [0.717, 1.165) is 23.9 Å². The van der Waals surface area contributed by atoms with Crippen molar-refractivity contribution in [1.29, 1.82) is 0 Å². The molecule has 1 fully saturated rings. The molecule has 1 N–H and O–H groups in total. The summed E-state index contributed by atoms with van der Waals surface area (Å²) in [7, 11) is 1.39. The Morgan fingerprint density at radius 1 is 1.44 bits per heavy atom. The molecule has 5 nitrogen and oxygen atoms in total. The van der Waals surface area contributed by atoms with Gasteiger partial charge in [0.1, 0.15) is 0 Å². The van der Waals surface area contributed by atoms with Crippen molar-refractivity contribution in [2.24, 2.45) is 5.41 Å². The second-order valence-corrected chi connectivity index (χ2v) is 4.81. The summed E-state index contributed by atoms with van der Waals surface area (Å²) in [6.45, 7) is 0.397. The van der Waals surface area contributed by atoms with Gasteiger partial charge in [0.15, 0.2) is 0 Å². The third-order valence-electron chi connectivity index (χ3n) is 3.64. The fourth-order valence-corrected chi connectivity index (χ4v) is 2.37. The highest BCUT2D eigenvalue weighted by molar-refractivity contribution is 5.80. The molecule has 94 valence electrons. The zero-order valence-corrected chi connectivity index (χ0v) is 10.1. The van der Waals surface area contributed by atoms with Crippen LogP contribution >= 0.6 is 0 Å². The second-order valence-electron chi connectivity index (χ2n) is 4.81. The van der Waals surface area contributed by atoms with Gasteiger partial charge in [-0.15, -0.1) is 0 Å². The molecule has 1 aliphatic carbocycles.